The predicted octanol–water partition coefficient (Wildman–Crippen LogP) is 3.62. The quantitative estimate of drug-likeness (QED) is 0.820. The minimum atomic E-state index is 0.232. The van der Waals surface area contributed by atoms with Gasteiger partial charge in [-0.05, 0) is 36.5 Å². The van der Waals surface area contributed by atoms with Crippen molar-refractivity contribution < 1.29 is 0 Å². The summed E-state index contributed by atoms with van der Waals surface area (Å²) in [5, 5.41) is 4.57. The fourth-order valence-electron chi connectivity index (χ4n) is 3.68. The number of hydrogen-bond acceptors (Lipinski definition) is 3. The Morgan fingerprint density at radius 3 is 2.04 bits per heavy atom. The number of aromatic nitrogens is 2. The highest BCUT2D eigenvalue weighted by Crippen LogP contribution is 2.22. The van der Waals surface area contributed by atoms with Gasteiger partial charge in [0, 0.05) is 45.0 Å². The van der Waals surface area contributed by atoms with Gasteiger partial charge in [-0.1, -0.05) is 45.0 Å². The number of benzene rings is 1. The Balaban J connectivity index is 1.44. The van der Waals surface area contributed by atoms with Crippen LogP contribution in [-0.2, 0) is 18.5 Å². The van der Waals surface area contributed by atoms with Gasteiger partial charge in [-0.15, -0.1) is 0 Å². The van der Waals surface area contributed by atoms with Gasteiger partial charge in [0.1, 0.15) is 0 Å². The van der Waals surface area contributed by atoms with Crippen LogP contribution in [0.15, 0.2) is 30.3 Å². The van der Waals surface area contributed by atoms with Crippen LogP contribution in [0.25, 0.3) is 0 Å². The first kappa shape index (κ1) is 19.1. The van der Waals surface area contributed by atoms with Crippen LogP contribution in [0.3, 0.4) is 0 Å². The van der Waals surface area contributed by atoms with Crippen molar-refractivity contribution in [3.63, 3.8) is 0 Å². The zero-order valence-corrected chi connectivity index (χ0v) is 17.1. The number of hydrogen-bond donors (Lipinski definition) is 0. The van der Waals surface area contributed by atoms with Crippen LogP contribution < -0.4 is 0 Å². The zero-order valence-electron chi connectivity index (χ0n) is 17.1. The summed E-state index contributed by atoms with van der Waals surface area (Å²) >= 11 is 0. The van der Waals surface area contributed by atoms with E-state index >= 15 is 0 Å². The molecule has 2 heterocycles. The summed E-state index contributed by atoms with van der Waals surface area (Å²) in [4.78, 5) is 5.14. The van der Waals surface area contributed by atoms with E-state index in [4.69, 9.17) is 0 Å². The lowest BCUT2D eigenvalue weighted by atomic mass is 9.87. The van der Waals surface area contributed by atoms with E-state index in [0.29, 0.717) is 0 Å². The Hall–Kier alpha value is -1.65. The third-order valence-electron chi connectivity index (χ3n) is 5.42. The summed E-state index contributed by atoms with van der Waals surface area (Å²) in [7, 11) is 0. The molecule has 2 aromatic rings. The Kier molecular flexibility index (Phi) is 5.83. The van der Waals surface area contributed by atoms with Crippen LogP contribution in [0.2, 0.25) is 0 Å². The predicted molar refractivity (Wildman–Crippen MR) is 109 cm³/mol. The number of rotatable bonds is 5. The van der Waals surface area contributed by atoms with Crippen molar-refractivity contribution in [1.29, 1.82) is 0 Å². The van der Waals surface area contributed by atoms with Crippen LogP contribution in [0.1, 0.15) is 43.3 Å². The van der Waals surface area contributed by atoms with Gasteiger partial charge in [-0.25, -0.2) is 0 Å². The molecule has 0 saturated carbocycles. The second-order valence-corrected chi connectivity index (χ2v) is 8.71. The van der Waals surface area contributed by atoms with Crippen LogP contribution >= 0.6 is 0 Å². The van der Waals surface area contributed by atoms with Gasteiger partial charge in [0.2, 0.25) is 0 Å². The molecule has 3 rings (SSSR count). The van der Waals surface area contributed by atoms with Crippen LogP contribution in [0, 0.1) is 13.8 Å². The van der Waals surface area contributed by atoms with E-state index in [0.717, 1.165) is 51.5 Å². The first-order valence-corrected chi connectivity index (χ1v) is 9.86. The van der Waals surface area contributed by atoms with Gasteiger partial charge in [-0.3, -0.25) is 14.5 Å². The van der Waals surface area contributed by atoms with E-state index in [9.17, 15) is 0 Å². The van der Waals surface area contributed by atoms with Gasteiger partial charge in [0.25, 0.3) is 0 Å². The highest BCUT2D eigenvalue weighted by atomic mass is 15.3. The van der Waals surface area contributed by atoms with Crippen molar-refractivity contribution in [2.24, 2.45) is 0 Å². The number of aryl methyl sites for hydroxylation is 2. The normalized spacial score (nSPS) is 17.0. The summed E-state index contributed by atoms with van der Waals surface area (Å²) in [5.41, 5.74) is 5.45. The second kappa shape index (κ2) is 7.93. The Bertz CT molecular complexity index is 701. The zero-order chi connectivity index (χ0) is 18.7. The maximum absolute atomic E-state index is 4.57. The van der Waals surface area contributed by atoms with Gasteiger partial charge in [0.05, 0.1) is 12.2 Å². The van der Waals surface area contributed by atoms with E-state index in [2.05, 4.69) is 84.5 Å². The summed E-state index contributed by atoms with van der Waals surface area (Å²) in [6.45, 7) is 18.8. The molecule has 0 spiro atoms. The molecule has 1 aliphatic heterocycles. The molecule has 0 N–H and O–H groups in total. The molecule has 0 bridgehead atoms. The Labute approximate surface area is 158 Å². The topological polar surface area (TPSA) is 24.3 Å². The van der Waals surface area contributed by atoms with Crippen molar-refractivity contribution in [2.75, 3.05) is 32.7 Å². The molecule has 4 nitrogen and oxygen atoms in total. The van der Waals surface area contributed by atoms with Crippen LogP contribution in [0.4, 0.5) is 0 Å². The third kappa shape index (κ3) is 4.95. The smallest absolute Gasteiger partial charge is 0.0596 e. The molecule has 0 amide bonds. The maximum Gasteiger partial charge on any atom is 0.0596 e. The van der Waals surface area contributed by atoms with Gasteiger partial charge in [-0.2, -0.15) is 5.10 Å². The molecule has 1 aromatic heterocycles. The second-order valence-electron chi connectivity index (χ2n) is 8.71. The molecule has 26 heavy (non-hydrogen) atoms. The van der Waals surface area contributed by atoms with Gasteiger partial charge >= 0.3 is 0 Å². The van der Waals surface area contributed by atoms with Crippen LogP contribution in [-0.4, -0.2) is 52.3 Å². The molecule has 1 aliphatic rings. The van der Waals surface area contributed by atoms with Crippen molar-refractivity contribution in [3.8, 4) is 0 Å². The summed E-state index contributed by atoms with van der Waals surface area (Å²) in [6.07, 6.45) is 0. The average Bonchev–Trinajstić information content (AvgIpc) is 2.91. The van der Waals surface area contributed by atoms with E-state index in [-0.39, 0.29) is 5.41 Å². The lowest BCUT2D eigenvalue weighted by molar-refractivity contribution is 0.123. The number of nitrogens with zero attached hydrogens (tertiary/aromatic N) is 4. The lowest BCUT2D eigenvalue weighted by Gasteiger charge is -2.34. The molecule has 1 aromatic carbocycles. The van der Waals surface area contributed by atoms with E-state index < -0.39 is 0 Å². The molecule has 4 heteroatoms. The molecule has 142 valence electrons. The molecule has 0 atom stereocenters. The lowest BCUT2D eigenvalue weighted by Crippen LogP contribution is -2.46. The average molecular weight is 355 g/mol. The van der Waals surface area contributed by atoms with E-state index in [1.165, 1.54) is 16.8 Å². The largest absolute Gasteiger partial charge is 0.299 e. The van der Waals surface area contributed by atoms with Gasteiger partial charge in [0.15, 0.2) is 0 Å². The van der Waals surface area contributed by atoms with Gasteiger partial charge < -0.3 is 0 Å². The first-order chi connectivity index (χ1) is 12.3. The highest BCUT2D eigenvalue weighted by molar-refractivity contribution is 5.27. The molecule has 1 fully saturated rings. The molecule has 0 unspecified atom stereocenters. The third-order valence-corrected chi connectivity index (χ3v) is 5.42. The summed E-state index contributed by atoms with van der Waals surface area (Å²) in [6, 6.07) is 11.3. The molecular weight excluding hydrogens is 320 g/mol. The van der Waals surface area contributed by atoms with Crippen molar-refractivity contribution in [2.45, 2.75) is 53.1 Å². The summed E-state index contributed by atoms with van der Waals surface area (Å²) in [5.74, 6) is 0. The van der Waals surface area contributed by atoms with Crippen molar-refractivity contribution in [3.05, 3.63) is 52.8 Å². The summed E-state index contributed by atoms with van der Waals surface area (Å²) < 4.78 is 2.14. The van der Waals surface area contributed by atoms with Crippen LogP contribution in [0.5, 0.6) is 0 Å². The number of piperazine rings is 1. The first-order valence-electron chi connectivity index (χ1n) is 9.86. The monoisotopic (exact) mass is 354 g/mol. The Morgan fingerprint density at radius 2 is 1.50 bits per heavy atom. The fraction of sp³-hybridized carbons (Fsp3) is 0.591. The van der Waals surface area contributed by atoms with Crippen molar-refractivity contribution in [1.82, 2.24) is 19.6 Å². The standard InChI is InChI=1S/C22H34N4/c1-18-16-19(2)26(23-18)15-14-24-10-12-25(13-11-24)17-20-6-8-21(9-7-20)22(3,4)5/h6-9,16H,10-15,17H2,1-5H3. The van der Waals surface area contributed by atoms with Crippen molar-refractivity contribution >= 4 is 0 Å². The Morgan fingerprint density at radius 1 is 0.885 bits per heavy atom. The maximum atomic E-state index is 4.57. The minimum absolute atomic E-state index is 0.232. The molecule has 0 radical (unpaired) electrons. The highest BCUT2D eigenvalue weighted by Gasteiger charge is 2.18. The van der Waals surface area contributed by atoms with E-state index in [1.54, 1.807) is 0 Å². The minimum Gasteiger partial charge on any atom is -0.299 e. The van der Waals surface area contributed by atoms with E-state index in [1.807, 2.05) is 0 Å². The molecule has 1 saturated heterocycles. The molecular formula is C22H34N4. The fourth-order valence-corrected chi connectivity index (χ4v) is 3.68. The SMILES string of the molecule is Cc1cc(C)n(CCN2CCN(Cc3ccc(C(C)(C)C)cc3)CC2)n1. The molecule has 0 aliphatic carbocycles.